The van der Waals surface area contributed by atoms with Crippen molar-refractivity contribution in [3.63, 3.8) is 0 Å². The molecule has 0 N–H and O–H groups in total. The van der Waals surface area contributed by atoms with Crippen LogP contribution in [0.15, 0.2) is 29.2 Å². The summed E-state index contributed by atoms with van der Waals surface area (Å²) in [6.45, 7) is 0.342. The summed E-state index contributed by atoms with van der Waals surface area (Å²) in [6.07, 6.45) is -3.12. The molecule has 0 saturated carbocycles. The Labute approximate surface area is 123 Å². The highest BCUT2D eigenvalue weighted by atomic mass is 79.9. The molecule has 112 valence electrons. The van der Waals surface area contributed by atoms with Gasteiger partial charge >= 0.3 is 6.18 Å². The lowest BCUT2D eigenvalue weighted by Gasteiger charge is -2.22. The molecule has 0 bridgehead atoms. The van der Waals surface area contributed by atoms with Gasteiger partial charge in [-0.25, -0.2) is 8.42 Å². The average Bonchev–Trinajstić information content (AvgIpc) is 2.87. The lowest BCUT2D eigenvalue weighted by Crippen LogP contribution is -2.36. The van der Waals surface area contributed by atoms with E-state index >= 15 is 0 Å². The first-order valence-corrected chi connectivity index (χ1v) is 8.58. The number of rotatable bonds is 3. The van der Waals surface area contributed by atoms with Crippen molar-refractivity contribution in [1.29, 1.82) is 0 Å². The number of alkyl halides is 4. The van der Waals surface area contributed by atoms with Crippen LogP contribution in [0, 0.1) is 0 Å². The predicted octanol–water partition coefficient (Wildman–Crippen LogP) is 3.25. The SMILES string of the molecule is O=S(=O)(c1cccc(C(F)(F)F)c1)N1CCCC1CBr. The minimum absolute atomic E-state index is 0.199. The van der Waals surface area contributed by atoms with Gasteiger partial charge in [0.2, 0.25) is 10.0 Å². The number of sulfonamides is 1. The van der Waals surface area contributed by atoms with Crippen molar-refractivity contribution in [3.8, 4) is 0 Å². The van der Waals surface area contributed by atoms with Crippen molar-refractivity contribution in [2.45, 2.75) is 30.0 Å². The first kappa shape index (κ1) is 15.8. The van der Waals surface area contributed by atoms with E-state index in [0.29, 0.717) is 30.8 Å². The Morgan fingerprint density at radius 1 is 1.35 bits per heavy atom. The molecule has 8 heteroatoms. The van der Waals surface area contributed by atoms with Gasteiger partial charge < -0.3 is 0 Å². The van der Waals surface area contributed by atoms with Gasteiger partial charge in [-0.1, -0.05) is 22.0 Å². The van der Waals surface area contributed by atoms with E-state index in [0.717, 1.165) is 12.1 Å². The quantitative estimate of drug-likeness (QED) is 0.764. The number of hydrogen-bond donors (Lipinski definition) is 0. The molecule has 0 aliphatic carbocycles. The van der Waals surface area contributed by atoms with E-state index in [2.05, 4.69) is 15.9 Å². The topological polar surface area (TPSA) is 37.4 Å². The van der Waals surface area contributed by atoms with Crippen LogP contribution in [0.3, 0.4) is 0 Å². The Hall–Kier alpha value is -0.600. The van der Waals surface area contributed by atoms with Gasteiger partial charge in [0.15, 0.2) is 0 Å². The average molecular weight is 372 g/mol. The molecule has 1 saturated heterocycles. The van der Waals surface area contributed by atoms with E-state index < -0.39 is 21.8 Å². The third-order valence-corrected chi connectivity index (χ3v) is 5.96. The minimum Gasteiger partial charge on any atom is -0.207 e. The lowest BCUT2D eigenvalue weighted by molar-refractivity contribution is -0.137. The van der Waals surface area contributed by atoms with Crippen molar-refractivity contribution in [2.24, 2.45) is 0 Å². The largest absolute Gasteiger partial charge is 0.416 e. The Bertz CT molecular complexity index is 589. The zero-order chi connectivity index (χ0) is 15.0. The molecule has 1 fully saturated rings. The second-order valence-corrected chi connectivity index (χ2v) is 7.13. The van der Waals surface area contributed by atoms with Gasteiger partial charge in [-0.3, -0.25) is 0 Å². The molecule has 2 rings (SSSR count). The monoisotopic (exact) mass is 371 g/mol. The van der Waals surface area contributed by atoms with Gasteiger partial charge in [0.1, 0.15) is 0 Å². The van der Waals surface area contributed by atoms with Crippen LogP contribution < -0.4 is 0 Å². The summed E-state index contributed by atoms with van der Waals surface area (Å²) in [7, 11) is -3.88. The maximum absolute atomic E-state index is 12.7. The third-order valence-electron chi connectivity index (χ3n) is 3.27. The van der Waals surface area contributed by atoms with E-state index in [1.165, 1.54) is 10.4 Å². The van der Waals surface area contributed by atoms with Crippen molar-refractivity contribution < 1.29 is 21.6 Å². The first-order chi connectivity index (χ1) is 9.26. The fourth-order valence-electron chi connectivity index (χ4n) is 2.25. The number of halogens is 4. The van der Waals surface area contributed by atoms with Crippen molar-refractivity contribution in [3.05, 3.63) is 29.8 Å². The number of hydrogen-bond acceptors (Lipinski definition) is 2. The van der Waals surface area contributed by atoms with Crippen LogP contribution in [0.2, 0.25) is 0 Å². The summed E-state index contributed by atoms with van der Waals surface area (Å²) >= 11 is 3.24. The maximum Gasteiger partial charge on any atom is 0.416 e. The second-order valence-electron chi connectivity index (χ2n) is 4.59. The van der Waals surface area contributed by atoms with E-state index in [4.69, 9.17) is 0 Å². The van der Waals surface area contributed by atoms with Crippen LogP contribution in [0.5, 0.6) is 0 Å². The van der Waals surface area contributed by atoms with E-state index in [9.17, 15) is 21.6 Å². The summed E-state index contributed by atoms with van der Waals surface area (Å²) in [4.78, 5) is -0.305. The molecule has 1 aliphatic heterocycles. The zero-order valence-electron chi connectivity index (χ0n) is 10.4. The second kappa shape index (κ2) is 5.65. The molecule has 1 heterocycles. The molecule has 1 aliphatic rings. The summed E-state index contributed by atoms with van der Waals surface area (Å²) in [5, 5.41) is 0.477. The van der Waals surface area contributed by atoms with Gasteiger partial charge in [0.25, 0.3) is 0 Å². The molecule has 3 nitrogen and oxygen atoms in total. The standard InChI is InChI=1S/C12H13BrF3NO2S/c13-8-10-4-2-6-17(10)20(18,19)11-5-1-3-9(7-11)12(14,15)16/h1,3,5,7,10H,2,4,6,8H2. The minimum atomic E-state index is -4.55. The molecule has 1 unspecified atom stereocenters. The Balaban J connectivity index is 2.40. The summed E-state index contributed by atoms with van der Waals surface area (Å²) < 4.78 is 64.1. The van der Waals surface area contributed by atoms with Crippen LogP contribution in [0.4, 0.5) is 13.2 Å². The molecule has 1 atom stereocenters. The molecule has 0 spiro atoms. The highest BCUT2D eigenvalue weighted by Gasteiger charge is 2.36. The summed E-state index contributed by atoms with van der Waals surface area (Å²) in [5.41, 5.74) is -0.951. The van der Waals surface area contributed by atoms with Crippen LogP contribution in [-0.4, -0.2) is 30.6 Å². The molecule has 20 heavy (non-hydrogen) atoms. The summed E-state index contributed by atoms with van der Waals surface area (Å²) in [5.74, 6) is 0. The molecule has 1 aromatic rings. The van der Waals surface area contributed by atoms with Gasteiger partial charge in [-0.2, -0.15) is 17.5 Å². The molecule has 0 aromatic heterocycles. The highest BCUT2D eigenvalue weighted by Crippen LogP contribution is 2.32. The molecular weight excluding hydrogens is 359 g/mol. The molecular formula is C12H13BrF3NO2S. The predicted molar refractivity (Wildman–Crippen MR) is 72.2 cm³/mol. The van der Waals surface area contributed by atoms with E-state index in [1.807, 2.05) is 0 Å². The smallest absolute Gasteiger partial charge is 0.207 e. The maximum atomic E-state index is 12.7. The summed E-state index contributed by atoms with van der Waals surface area (Å²) in [6, 6.07) is 3.68. The Morgan fingerprint density at radius 3 is 2.65 bits per heavy atom. The Morgan fingerprint density at radius 2 is 2.05 bits per heavy atom. The van der Waals surface area contributed by atoms with E-state index in [-0.39, 0.29) is 10.9 Å². The fraction of sp³-hybridized carbons (Fsp3) is 0.500. The van der Waals surface area contributed by atoms with Gasteiger partial charge in [-0.05, 0) is 31.0 Å². The number of nitrogens with zero attached hydrogens (tertiary/aromatic N) is 1. The van der Waals surface area contributed by atoms with Crippen LogP contribution >= 0.6 is 15.9 Å². The molecule has 1 aromatic carbocycles. The third kappa shape index (κ3) is 3.01. The normalized spacial score (nSPS) is 21.3. The van der Waals surface area contributed by atoms with Crippen molar-refractivity contribution in [1.82, 2.24) is 4.31 Å². The zero-order valence-corrected chi connectivity index (χ0v) is 12.8. The van der Waals surface area contributed by atoms with E-state index in [1.54, 1.807) is 0 Å². The highest BCUT2D eigenvalue weighted by molar-refractivity contribution is 9.09. The van der Waals surface area contributed by atoms with Gasteiger partial charge in [0.05, 0.1) is 10.5 Å². The van der Waals surface area contributed by atoms with Gasteiger partial charge in [-0.15, -0.1) is 0 Å². The van der Waals surface area contributed by atoms with Crippen LogP contribution in [-0.2, 0) is 16.2 Å². The van der Waals surface area contributed by atoms with Gasteiger partial charge in [0, 0.05) is 17.9 Å². The fourth-order valence-corrected chi connectivity index (χ4v) is 4.85. The van der Waals surface area contributed by atoms with Crippen molar-refractivity contribution >= 4 is 26.0 Å². The lowest BCUT2D eigenvalue weighted by atomic mass is 10.2. The first-order valence-electron chi connectivity index (χ1n) is 6.02. The van der Waals surface area contributed by atoms with Crippen molar-refractivity contribution in [2.75, 3.05) is 11.9 Å². The van der Waals surface area contributed by atoms with Crippen LogP contribution in [0.25, 0.3) is 0 Å². The number of benzene rings is 1. The van der Waals surface area contributed by atoms with Crippen LogP contribution in [0.1, 0.15) is 18.4 Å². The molecule has 0 amide bonds. The Kier molecular flexibility index (Phi) is 4.46. The molecule has 0 radical (unpaired) electrons.